The van der Waals surface area contributed by atoms with E-state index in [9.17, 15) is 9.59 Å². The fourth-order valence-corrected chi connectivity index (χ4v) is 5.03. The molecule has 1 aromatic heterocycles. The quantitative estimate of drug-likeness (QED) is 0.926. The Hall–Kier alpha value is -1.65. The minimum absolute atomic E-state index is 0.0107. The monoisotopic (exact) mass is 329 g/mol. The van der Waals surface area contributed by atoms with Crippen LogP contribution in [-0.2, 0) is 17.6 Å². The van der Waals surface area contributed by atoms with Crippen molar-refractivity contribution < 1.29 is 4.79 Å². The standard InChI is InChI=1S/C19H27N3O2/c1-12-20-17-11-15-8-7-14(10-16(17)19(24)21-12)22(15)18(23)9-6-13-4-2-3-5-13/h13-15H,2-11H2,1H3,(H,20,21,24)/t14-,15-/m1/s1. The molecule has 0 spiro atoms. The topological polar surface area (TPSA) is 66.1 Å². The van der Waals surface area contributed by atoms with Crippen LogP contribution in [0.1, 0.15) is 68.4 Å². The van der Waals surface area contributed by atoms with E-state index in [4.69, 9.17) is 0 Å². The summed E-state index contributed by atoms with van der Waals surface area (Å²) in [4.78, 5) is 34.7. The van der Waals surface area contributed by atoms with Gasteiger partial charge in [0.15, 0.2) is 0 Å². The van der Waals surface area contributed by atoms with Crippen molar-refractivity contribution in [2.75, 3.05) is 0 Å². The molecule has 4 rings (SSSR count). The van der Waals surface area contributed by atoms with E-state index in [1.54, 1.807) is 0 Å². The van der Waals surface area contributed by atoms with Gasteiger partial charge in [-0.2, -0.15) is 0 Å². The third-order valence-corrected chi connectivity index (χ3v) is 6.24. The molecule has 0 aromatic carbocycles. The molecule has 2 bridgehead atoms. The van der Waals surface area contributed by atoms with Crippen LogP contribution >= 0.6 is 0 Å². The lowest BCUT2D eigenvalue weighted by Crippen LogP contribution is -2.41. The van der Waals surface area contributed by atoms with Gasteiger partial charge in [-0.15, -0.1) is 0 Å². The number of amides is 1. The smallest absolute Gasteiger partial charge is 0.254 e. The first-order valence-electron chi connectivity index (χ1n) is 9.51. The summed E-state index contributed by atoms with van der Waals surface area (Å²) in [6.45, 7) is 1.83. The molecule has 1 amide bonds. The molecule has 130 valence electrons. The number of nitrogens with one attached hydrogen (secondary N) is 1. The van der Waals surface area contributed by atoms with E-state index in [1.165, 1.54) is 25.7 Å². The summed E-state index contributed by atoms with van der Waals surface area (Å²) in [7, 11) is 0. The predicted octanol–water partition coefficient (Wildman–Crippen LogP) is 2.51. The summed E-state index contributed by atoms with van der Waals surface area (Å²) in [5.74, 6) is 1.73. The van der Waals surface area contributed by atoms with E-state index in [0.29, 0.717) is 24.6 Å². The highest BCUT2D eigenvalue weighted by Crippen LogP contribution is 2.34. The molecule has 5 heteroatoms. The van der Waals surface area contributed by atoms with Crippen LogP contribution in [0, 0.1) is 12.8 Å². The number of rotatable bonds is 3. The lowest BCUT2D eigenvalue weighted by molar-refractivity contribution is -0.134. The maximum absolute atomic E-state index is 12.9. The molecule has 2 fully saturated rings. The van der Waals surface area contributed by atoms with Crippen molar-refractivity contribution in [2.45, 2.75) is 83.2 Å². The van der Waals surface area contributed by atoms with E-state index in [2.05, 4.69) is 14.9 Å². The zero-order valence-corrected chi connectivity index (χ0v) is 14.5. The molecule has 5 nitrogen and oxygen atoms in total. The van der Waals surface area contributed by atoms with Gasteiger partial charge < -0.3 is 9.88 Å². The minimum Gasteiger partial charge on any atom is -0.336 e. The van der Waals surface area contributed by atoms with Gasteiger partial charge in [0, 0.05) is 36.9 Å². The Kier molecular flexibility index (Phi) is 4.19. The van der Waals surface area contributed by atoms with Crippen LogP contribution in [0.25, 0.3) is 0 Å². The normalized spacial score (nSPS) is 26.5. The maximum Gasteiger partial charge on any atom is 0.254 e. The Morgan fingerprint density at radius 3 is 2.62 bits per heavy atom. The summed E-state index contributed by atoms with van der Waals surface area (Å²) in [5, 5.41) is 0. The van der Waals surface area contributed by atoms with E-state index in [-0.39, 0.29) is 17.6 Å². The Labute approximate surface area is 142 Å². The van der Waals surface area contributed by atoms with Crippen molar-refractivity contribution in [3.8, 4) is 0 Å². The Bertz CT molecular complexity index is 690. The second kappa shape index (κ2) is 6.34. The average molecular weight is 329 g/mol. The first-order chi connectivity index (χ1) is 11.6. The SMILES string of the molecule is Cc1nc2c(c(=O)[nH]1)C[C@H]1CC[C@H](C2)N1C(=O)CCC1CCCC1. The number of H-pyrrole nitrogens is 1. The van der Waals surface area contributed by atoms with Crippen LogP contribution < -0.4 is 5.56 Å². The van der Waals surface area contributed by atoms with Crippen LogP contribution in [-0.4, -0.2) is 32.9 Å². The molecule has 3 heterocycles. The number of nitrogens with zero attached hydrogens (tertiary/aromatic N) is 2. The van der Waals surface area contributed by atoms with Gasteiger partial charge in [0.2, 0.25) is 5.91 Å². The Morgan fingerprint density at radius 2 is 1.88 bits per heavy atom. The molecular formula is C19H27N3O2. The van der Waals surface area contributed by atoms with Crippen LogP contribution in [0.15, 0.2) is 4.79 Å². The first-order valence-corrected chi connectivity index (χ1v) is 9.51. The van der Waals surface area contributed by atoms with Crippen molar-refractivity contribution >= 4 is 5.91 Å². The zero-order chi connectivity index (χ0) is 16.7. The van der Waals surface area contributed by atoms with E-state index >= 15 is 0 Å². The highest BCUT2D eigenvalue weighted by atomic mass is 16.2. The van der Waals surface area contributed by atoms with Gasteiger partial charge in [0.25, 0.3) is 5.56 Å². The van der Waals surface area contributed by atoms with Crippen molar-refractivity contribution in [1.82, 2.24) is 14.9 Å². The lowest BCUT2D eigenvalue weighted by atomic mass is 9.98. The molecule has 0 radical (unpaired) electrons. The van der Waals surface area contributed by atoms with Gasteiger partial charge in [-0.25, -0.2) is 4.98 Å². The number of carbonyl (C=O) groups is 1. The minimum atomic E-state index is -0.0107. The highest BCUT2D eigenvalue weighted by molar-refractivity contribution is 5.77. The Morgan fingerprint density at radius 1 is 1.17 bits per heavy atom. The van der Waals surface area contributed by atoms with Crippen LogP contribution in [0.3, 0.4) is 0 Å². The van der Waals surface area contributed by atoms with Gasteiger partial charge in [-0.05, 0) is 32.1 Å². The molecule has 24 heavy (non-hydrogen) atoms. The maximum atomic E-state index is 12.9. The van der Waals surface area contributed by atoms with Gasteiger partial charge in [-0.3, -0.25) is 9.59 Å². The number of hydrogen-bond donors (Lipinski definition) is 1. The summed E-state index contributed by atoms with van der Waals surface area (Å²) in [5.41, 5.74) is 1.71. The highest BCUT2D eigenvalue weighted by Gasteiger charge is 2.40. The molecule has 1 aliphatic carbocycles. The molecule has 1 N–H and O–H groups in total. The fraction of sp³-hybridized carbons (Fsp3) is 0.737. The summed E-state index contributed by atoms with van der Waals surface area (Å²) in [6.07, 6.45) is 10.5. The molecule has 1 saturated carbocycles. The average Bonchev–Trinajstić information content (AvgIpc) is 3.13. The number of aryl methyl sites for hydroxylation is 1. The first kappa shape index (κ1) is 15.9. The van der Waals surface area contributed by atoms with Crippen LogP contribution in [0.2, 0.25) is 0 Å². The van der Waals surface area contributed by atoms with Crippen LogP contribution in [0.5, 0.6) is 0 Å². The molecule has 3 aliphatic rings. The molecule has 0 unspecified atom stereocenters. The second-order valence-electron chi connectivity index (χ2n) is 7.86. The molecule has 2 aliphatic heterocycles. The van der Waals surface area contributed by atoms with Crippen LogP contribution in [0.4, 0.5) is 0 Å². The van der Waals surface area contributed by atoms with E-state index in [0.717, 1.165) is 42.9 Å². The number of fused-ring (bicyclic) bond motifs is 3. The van der Waals surface area contributed by atoms with Crippen molar-refractivity contribution in [1.29, 1.82) is 0 Å². The van der Waals surface area contributed by atoms with Gasteiger partial charge >= 0.3 is 0 Å². The summed E-state index contributed by atoms with van der Waals surface area (Å²) in [6, 6.07) is 0.430. The molecule has 2 atom stereocenters. The lowest BCUT2D eigenvalue weighted by Gasteiger charge is -2.28. The third-order valence-electron chi connectivity index (χ3n) is 6.24. The van der Waals surface area contributed by atoms with E-state index < -0.39 is 0 Å². The van der Waals surface area contributed by atoms with Crippen molar-refractivity contribution in [2.24, 2.45) is 5.92 Å². The second-order valence-corrected chi connectivity index (χ2v) is 7.86. The number of carbonyl (C=O) groups excluding carboxylic acids is 1. The predicted molar refractivity (Wildman–Crippen MR) is 91.9 cm³/mol. The van der Waals surface area contributed by atoms with Crippen molar-refractivity contribution in [3.05, 3.63) is 27.4 Å². The van der Waals surface area contributed by atoms with Gasteiger partial charge in [0.05, 0.1) is 5.69 Å². The number of hydrogen-bond acceptors (Lipinski definition) is 3. The zero-order valence-electron chi connectivity index (χ0n) is 14.5. The van der Waals surface area contributed by atoms with Gasteiger partial charge in [-0.1, -0.05) is 25.7 Å². The molecule has 1 saturated heterocycles. The number of aromatic amines is 1. The third kappa shape index (κ3) is 2.89. The van der Waals surface area contributed by atoms with Gasteiger partial charge in [0.1, 0.15) is 5.82 Å². The largest absolute Gasteiger partial charge is 0.336 e. The molecular weight excluding hydrogens is 302 g/mol. The fourth-order valence-electron chi connectivity index (χ4n) is 5.03. The van der Waals surface area contributed by atoms with Crippen molar-refractivity contribution in [3.63, 3.8) is 0 Å². The Balaban J connectivity index is 1.51. The van der Waals surface area contributed by atoms with E-state index in [1.807, 2.05) is 6.92 Å². The molecule has 1 aromatic rings. The summed E-state index contributed by atoms with van der Waals surface area (Å²) >= 11 is 0. The number of aromatic nitrogens is 2. The summed E-state index contributed by atoms with van der Waals surface area (Å²) < 4.78 is 0.